The van der Waals surface area contributed by atoms with E-state index in [9.17, 15) is 42.0 Å². The van der Waals surface area contributed by atoms with Crippen LogP contribution in [0.25, 0.3) is 0 Å². The van der Waals surface area contributed by atoms with Crippen LogP contribution in [0, 0.1) is 21.7 Å². The Morgan fingerprint density at radius 1 is 1.21 bits per heavy atom. The van der Waals surface area contributed by atoms with E-state index in [4.69, 9.17) is 4.74 Å². The smallest absolute Gasteiger partial charge is 0.423 e. The molecule has 0 aliphatic carbocycles. The molecule has 0 spiro atoms. The third-order valence-corrected chi connectivity index (χ3v) is 3.65. The van der Waals surface area contributed by atoms with Crippen molar-refractivity contribution in [1.82, 2.24) is 0 Å². The zero-order valence-corrected chi connectivity index (χ0v) is 14.6. The van der Waals surface area contributed by atoms with Crippen molar-refractivity contribution in [2.45, 2.75) is 18.7 Å². The van der Waals surface area contributed by atoms with Crippen molar-refractivity contribution >= 4 is 17.3 Å². The number of carbonyl (C=O) groups is 1. The molecule has 1 amide bonds. The van der Waals surface area contributed by atoms with Crippen LogP contribution in [0.15, 0.2) is 36.4 Å². The van der Waals surface area contributed by atoms with Crippen molar-refractivity contribution in [3.63, 3.8) is 0 Å². The molecule has 156 valence electrons. The van der Waals surface area contributed by atoms with Crippen LogP contribution in [0.3, 0.4) is 0 Å². The Morgan fingerprint density at radius 2 is 1.86 bits per heavy atom. The molecule has 2 rings (SSSR count). The largest absolute Gasteiger partial charge is 0.487 e. The molecule has 0 radical (unpaired) electrons. The van der Waals surface area contributed by atoms with E-state index in [0.29, 0.717) is 18.2 Å². The number of anilines is 1. The lowest BCUT2D eigenvalue weighted by Crippen LogP contribution is -2.45. The number of nitrogens with zero attached hydrogens (tertiary/aromatic N) is 1. The summed E-state index contributed by atoms with van der Waals surface area (Å²) in [5.74, 6) is -3.65. The third-order valence-electron chi connectivity index (χ3n) is 3.65. The van der Waals surface area contributed by atoms with E-state index in [1.54, 1.807) is 0 Å². The molecule has 1 atom stereocenters. The van der Waals surface area contributed by atoms with Crippen LogP contribution in [0.4, 0.5) is 33.3 Å². The molecule has 0 saturated heterocycles. The van der Waals surface area contributed by atoms with Crippen molar-refractivity contribution < 1.29 is 41.5 Å². The molecule has 29 heavy (non-hydrogen) atoms. The highest BCUT2D eigenvalue weighted by Crippen LogP contribution is 2.37. The van der Waals surface area contributed by atoms with E-state index in [0.717, 1.165) is 25.1 Å². The lowest BCUT2D eigenvalue weighted by atomic mass is 10.1. The van der Waals surface area contributed by atoms with Crippen molar-refractivity contribution in [3.8, 4) is 5.75 Å². The van der Waals surface area contributed by atoms with Gasteiger partial charge in [0.05, 0.1) is 4.92 Å². The molecule has 0 bridgehead atoms. The monoisotopic (exact) mass is 420 g/mol. The molecular weight excluding hydrogens is 407 g/mol. The average Bonchev–Trinajstić information content (AvgIpc) is 2.60. The van der Waals surface area contributed by atoms with Gasteiger partial charge in [0.2, 0.25) is 0 Å². The van der Waals surface area contributed by atoms with Crippen molar-refractivity contribution in [3.05, 3.63) is 63.7 Å². The molecule has 2 aromatic rings. The third kappa shape index (κ3) is 5.38. The fourth-order valence-corrected chi connectivity index (χ4v) is 2.14. The molecule has 0 fully saturated rings. The van der Waals surface area contributed by atoms with Gasteiger partial charge in [-0.1, -0.05) is 0 Å². The second-order valence-electron chi connectivity index (χ2n) is 6.08. The Balaban J connectivity index is 2.16. The Hall–Kier alpha value is -3.28. The number of hydrogen-bond donors (Lipinski definition) is 2. The second-order valence-corrected chi connectivity index (χ2v) is 6.08. The molecule has 0 heterocycles. The normalized spacial score (nSPS) is 13.5. The predicted molar refractivity (Wildman–Crippen MR) is 89.2 cm³/mol. The molecule has 0 aliphatic heterocycles. The number of halogens is 5. The number of hydrogen-bond acceptors (Lipinski definition) is 5. The summed E-state index contributed by atoms with van der Waals surface area (Å²) < 4.78 is 70.3. The topological polar surface area (TPSA) is 102 Å². The van der Waals surface area contributed by atoms with Gasteiger partial charge in [-0.15, -0.1) is 0 Å². The molecular formula is C17H13F5N2O5. The highest BCUT2D eigenvalue weighted by molar-refractivity contribution is 5.97. The number of rotatable bonds is 6. The van der Waals surface area contributed by atoms with Crippen molar-refractivity contribution in [1.29, 1.82) is 0 Å². The summed E-state index contributed by atoms with van der Waals surface area (Å²) in [4.78, 5) is 21.7. The van der Waals surface area contributed by atoms with E-state index in [1.165, 1.54) is 0 Å². The first-order valence-electron chi connectivity index (χ1n) is 7.78. The van der Waals surface area contributed by atoms with E-state index < -0.39 is 63.5 Å². The first kappa shape index (κ1) is 22.0. The van der Waals surface area contributed by atoms with Crippen LogP contribution in [0.2, 0.25) is 0 Å². The van der Waals surface area contributed by atoms with Gasteiger partial charge in [-0.05, 0) is 31.2 Å². The number of nitro benzene ring substituents is 1. The summed E-state index contributed by atoms with van der Waals surface area (Å²) in [6.07, 6.45) is -5.06. The Labute approximate surface area is 159 Å². The molecule has 0 aromatic heterocycles. The van der Waals surface area contributed by atoms with Gasteiger partial charge < -0.3 is 15.2 Å². The fourth-order valence-electron chi connectivity index (χ4n) is 2.14. The highest BCUT2D eigenvalue weighted by Gasteiger charge is 2.39. The number of nitrogens with one attached hydrogen (secondary N) is 1. The Kier molecular flexibility index (Phi) is 6.07. The van der Waals surface area contributed by atoms with Gasteiger partial charge in [0, 0.05) is 17.8 Å². The minimum atomic E-state index is -5.06. The fraction of sp³-hybridized carbons (Fsp3) is 0.235. The van der Waals surface area contributed by atoms with Crippen LogP contribution >= 0.6 is 0 Å². The lowest BCUT2D eigenvalue weighted by Gasteiger charge is -2.23. The van der Waals surface area contributed by atoms with Crippen LogP contribution < -0.4 is 10.1 Å². The van der Waals surface area contributed by atoms with Gasteiger partial charge in [0.15, 0.2) is 17.2 Å². The maximum absolute atomic E-state index is 13.5. The summed E-state index contributed by atoms with van der Waals surface area (Å²) >= 11 is 0. The number of alkyl halides is 3. The quantitative estimate of drug-likeness (QED) is 0.422. The van der Waals surface area contributed by atoms with Crippen molar-refractivity contribution in [2.75, 3.05) is 11.9 Å². The van der Waals surface area contributed by atoms with Crippen molar-refractivity contribution in [2.24, 2.45) is 0 Å². The number of benzene rings is 2. The van der Waals surface area contributed by atoms with Crippen LogP contribution in [0.5, 0.6) is 5.75 Å². The zero-order chi connectivity index (χ0) is 22.0. The zero-order valence-electron chi connectivity index (χ0n) is 14.6. The van der Waals surface area contributed by atoms with E-state index in [1.807, 2.05) is 5.32 Å². The summed E-state index contributed by atoms with van der Waals surface area (Å²) in [5, 5.41) is 22.9. The molecule has 12 heteroatoms. The average molecular weight is 420 g/mol. The molecule has 2 N–H and O–H groups in total. The van der Waals surface area contributed by atoms with Crippen LogP contribution in [-0.4, -0.2) is 28.1 Å². The van der Waals surface area contributed by atoms with E-state index in [2.05, 4.69) is 0 Å². The Bertz CT molecular complexity index is 946. The first-order valence-corrected chi connectivity index (χ1v) is 7.78. The van der Waals surface area contributed by atoms with E-state index in [-0.39, 0.29) is 0 Å². The molecule has 1 unspecified atom stereocenters. The van der Waals surface area contributed by atoms with Gasteiger partial charge in [-0.3, -0.25) is 14.9 Å². The SMILES string of the molecule is CC(O)(COc1ccc(F)cc1F)C(=O)Nc1ccc([N+](=O)[O-])c(C(F)(F)F)c1. The van der Waals surface area contributed by atoms with Gasteiger partial charge in [-0.25, -0.2) is 8.78 Å². The number of carbonyl (C=O) groups excluding carboxylic acids is 1. The number of ether oxygens (including phenoxy) is 1. The summed E-state index contributed by atoms with van der Waals surface area (Å²) in [6, 6.07) is 4.05. The summed E-state index contributed by atoms with van der Waals surface area (Å²) in [7, 11) is 0. The molecule has 2 aromatic carbocycles. The maximum Gasteiger partial charge on any atom is 0.423 e. The number of aliphatic hydroxyl groups is 1. The molecule has 7 nitrogen and oxygen atoms in total. The van der Waals surface area contributed by atoms with Crippen LogP contribution in [-0.2, 0) is 11.0 Å². The first-order chi connectivity index (χ1) is 13.3. The minimum Gasteiger partial charge on any atom is -0.487 e. The van der Waals surface area contributed by atoms with Crippen LogP contribution in [0.1, 0.15) is 12.5 Å². The van der Waals surface area contributed by atoms with Gasteiger partial charge >= 0.3 is 6.18 Å². The maximum atomic E-state index is 13.5. The molecule has 0 saturated carbocycles. The number of amides is 1. The molecule has 0 aliphatic rings. The predicted octanol–water partition coefficient (Wildman–Crippen LogP) is 3.66. The second kappa shape index (κ2) is 7.99. The highest BCUT2D eigenvalue weighted by atomic mass is 19.4. The summed E-state index contributed by atoms with van der Waals surface area (Å²) in [5.41, 5.74) is -5.61. The van der Waals surface area contributed by atoms with Gasteiger partial charge in [0.1, 0.15) is 18.0 Å². The lowest BCUT2D eigenvalue weighted by molar-refractivity contribution is -0.388. The number of nitro groups is 1. The minimum absolute atomic E-state index is 0.340. The van der Waals surface area contributed by atoms with E-state index >= 15 is 0 Å². The van der Waals surface area contributed by atoms with Gasteiger partial charge in [0.25, 0.3) is 11.6 Å². The standard InChI is InChI=1S/C17H13F5N2O5/c1-16(26,8-29-14-5-2-9(18)6-12(14)19)15(25)23-10-3-4-13(24(27)28)11(7-10)17(20,21)22/h2-7,26H,8H2,1H3,(H,23,25). The Morgan fingerprint density at radius 3 is 2.41 bits per heavy atom. The van der Waals surface area contributed by atoms with Gasteiger partial charge in [-0.2, -0.15) is 13.2 Å². The summed E-state index contributed by atoms with van der Waals surface area (Å²) in [6.45, 7) is 0.125.